The van der Waals surface area contributed by atoms with Gasteiger partial charge in [-0.25, -0.2) is 4.98 Å². The summed E-state index contributed by atoms with van der Waals surface area (Å²) in [5.74, 6) is 2.59. The third-order valence-electron chi connectivity index (χ3n) is 3.78. The maximum atomic E-state index is 5.32. The highest BCUT2D eigenvalue weighted by atomic mass is 16.5. The summed E-state index contributed by atoms with van der Waals surface area (Å²) in [7, 11) is 1.69. The van der Waals surface area contributed by atoms with Crippen LogP contribution in [0, 0.1) is 5.92 Å². The lowest BCUT2D eigenvalue weighted by atomic mass is 10.0. The number of aromatic nitrogens is 1. The van der Waals surface area contributed by atoms with Crippen LogP contribution in [0.3, 0.4) is 0 Å². The van der Waals surface area contributed by atoms with E-state index in [0.29, 0.717) is 6.04 Å². The van der Waals surface area contributed by atoms with Gasteiger partial charge in [-0.3, -0.25) is 0 Å². The van der Waals surface area contributed by atoms with Gasteiger partial charge in [0.1, 0.15) is 11.6 Å². The molecule has 0 spiro atoms. The first-order valence-corrected chi connectivity index (χ1v) is 7.79. The molecule has 0 aliphatic carbocycles. The van der Waals surface area contributed by atoms with Crippen LogP contribution in [0.15, 0.2) is 30.5 Å². The van der Waals surface area contributed by atoms with E-state index in [1.165, 1.54) is 24.6 Å². The van der Waals surface area contributed by atoms with Gasteiger partial charge in [0.25, 0.3) is 0 Å². The van der Waals surface area contributed by atoms with Crippen molar-refractivity contribution in [2.45, 2.75) is 46.1 Å². The maximum Gasteiger partial charge on any atom is 0.134 e. The molecule has 1 heterocycles. The summed E-state index contributed by atoms with van der Waals surface area (Å²) in [6.07, 6.45) is 5.56. The normalized spacial score (nSPS) is 12.6. The Morgan fingerprint density at radius 2 is 1.95 bits per heavy atom. The molecule has 0 saturated carbocycles. The average Bonchev–Trinajstić information content (AvgIpc) is 2.46. The molecule has 1 aromatic carbocycles. The molecule has 2 aromatic rings. The summed E-state index contributed by atoms with van der Waals surface area (Å²) in [6, 6.07) is 8.56. The SMILES string of the molecule is COc1ccc2ccnc(NC(C)CCCC(C)C)c2c1. The molecule has 0 radical (unpaired) electrons. The first-order valence-electron chi connectivity index (χ1n) is 7.79. The molecule has 21 heavy (non-hydrogen) atoms. The Morgan fingerprint density at radius 3 is 2.67 bits per heavy atom. The van der Waals surface area contributed by atoms with Crippen LogP contribution in [0.25, 0.3) is 10.8 Å². The van der Waals surface area contributed by atoms with Crippen molar-refractivity contribution in [3.8, 4) is 5.75 Å². The lowest BCUT2D eigenvalue weighted by Crippen LogP contribution is -2.16. The van der Waals surface area contributed by atoms with Crippen molar-refractivity contribution in [3.63, 3.8) is 0 Å². The summed E-state index contributed by atoms with van der Waals surface area (Å²) in [5, 5.41) is 5.84. The molecule has 0 saturated heterocycles. The van der Waals surface area contributed by atoms with E-state index in [4.69, 9.17) is 4.74 Å². The van der Waals surface area contributed by atoms with Gasteiger partial charge in [-0.2, -0.15) is 0 Å². The fourth-order valence-corrected chi connectivity index (χ4v) is 2.53. The molecule has 0 fully saturated rings. The van der Waals surface area contributed by atoms with E-state index in [2.05, 4.69) is 37.1 Å². The van der Waals surface area contributed by atoms with Crippen LogP contribution >= 0.6 is 0 Å². The van der Waals surface area contributed by atoms with Crippen molar-refractivity contribution >= 4 is 16.6 Å². The number of nitrogens with one attached hydrogen (secondary N) is 1. The highest BCUT2D eigenvalue weighted by molar-refractivity contribution is 5.92. The first kappa shape index (κ1) is 15.6. The summed E-state index contributed by atoms with van der Waals surface area (Å²) < 4.78 is 5.32. The minimum absolute atomic E-state index is 0.424. The van der Waals surface area contributed by atoms with Gasteiger partial charge in [-0.05, 0) is 42.8 Å². The van der Waals surface area contributed by atoms with Crippen molar-refractivity contribution < 1.29 is 4.74 Å². The minimum atomic E-state index is 0.424. The lowest BCUT2D eigenvalue weighted by molar-refractivity contribution is 0.415. The standard InChI is InChI=1S/C18H26N2O/c1-13(2)6-5-7-14(3)20-18-17-12-16(21-4)9-8-15(17)10-11-19-18/h8-14H,5-7H2,1-4H3,(H,19,20). The number of hydrogen-bond acceptors (Lipinski definition) is 3. The van der Waals surface area contributed by atoms with E-state index in [1.807, 2.05) is 24.4 Å². The van der Waals surface area contributed by atoms with Crippen LogP contribution in [0.2, 0.25) is 0 Å². The topological polar surface area (TPSA) is 34.1 Å². The molecule has 1 aromatic heterocycles. The van der Waals surface area contributed by atoms with Gasteiger partial charge in [0.05, 0.1) is 7.11 Å². The molecule has 0 aliphatic rings. The zero-order chi connectivity index (χ0) is 15.2. The van der Waals surface area contributed by atoms with E-state index in [1.54, 1.807) is 7.11 Å². The summed E-state index contributed by atoms with van der Waals surface area (Å²) in [6.45, 7) is 6.77. The molecule has 2 rings (SSSR count). The molecule has 1 atom stereocenters. The summed E-state index contributed by atoms with van der Waals surface area (Å²) >= 11 is 0. The molecule has 3 heteroatoms. The monoisotopic (exact) mass is 286 g/mol. The fraction of sp³-hybridized carbons (Fsp3) is 0.500. The number of benzene rings is 1. The van der Waals surface area contributed by atoms with Crippen LogP contribution in [-0.4, -0.2) is 18.1 Å². The molecule has 0 amide bonds. The van der Waals surface area contributed by atoms with Crippen LogP contribution in [0.4, 0.5) is 5.82 Å². The lowest BCUT2D eigenvalue weighted by Gasteiger charge is -2.16. The van der Waals surface area contributed by atoms with Crippen LogP contribution in [0.5, 0.6) is 5.75 Å². The van der Waals surface area contributed by atoms with Gasteiger partial charge in [0.2, 0.25) is 0 Å². The second-order valence-electron chi connectivity index (χ2n) is 6.12. The number of fused-ring (bicyclic) bond motifs is 1. The van der Waals surface area contributed by atoms with E-state index in [0.717, 1.165) is 22.9 Å². The van der Waals surface area contributed by atoms with Gasteiger partial charge >= 0.3 is 0 Å². The average molecular weight is 286 g/mol. The minimum Gasteiger partial charge on any atom is -0.497 e. The Labute approximate surface area is 127 Å². The van der Waals surface area contributed by atoms with Crippen LogP contribution in [-0.2, 0) is 0 Å². The zero-order valence-electron chi connectivity index (χ0n) is 13.5. The second kappa shape index (κ2) is 7.30. The number of anilines is 1. The van der Waals surface area contributed by atoms with Crippen LogP contribution < -0.4 is 10.1 Å². The Morgan fingerprint density at radius 1 is 1.14 bits per heavy atom. The third kappa shape index (κ3) is 4.35. The van der Waals surface area contributed by atoms with E-state index in [-0.39, 0.29) is 0 Å². The van der Waals surface area contributed by atoms with Gasteiger partial charge in [0.15, 0.2) is 0 Å². The van der Waals surface area contributed by atoms with Crippen molar-refractivity contribution in [1.82, 2.24) is 4.98 Å². The predicted octanol–water partition coefficient (Wildman–Crippen LogP) is 4.87. The Kier molecular flexibility index (Phi) is 5.43. The number of pyridine rings is 1. The third-order valence-corrected chi connectivity index (χ3v) is 3.78. The number of ether oxygens (including phenoxy) is 1. The van der Waals surface area contributed by atoms with Gasteiger partial charge < -0.3 is 10.1 Å². The number of rotatable bonds is 7. The Balaban J connectivity index is 2.10. The van der Waals surface area contributed by atoms with Crippen LogP contribution in [0.1, 0.15) is 40.0 Å². The number of nitrogens with zero attached hydrogens (tertiary/aromatic N) is 1. The number of hydrogen-bond donors (Lipinski definition) is 1. The largest absolute Gasteiger partial charge is 0.497 e. The quantitative estimate of drug-likeness (QED) is 0.788. The molecular weight excluding hydrogens is 260 g/mol. The molecule has 0 aliphatic heterocycles. The maximum absolute atomic E-state index is 5.32. The van der Waals surface area contributed by atoms with Crippen molar-refractivity contribution in [1.29, 1.82) is 0 Å². The molecule has 3 nitrogen and oxygen atoms in total. The van der Waals surface area contributed by atoms with Gasteiger partial charge in [-0.1, -0.05) is 32.8 Å². The predicted molar refractivity (Wildman–Crippen MR) is 90.1 cm³/mol. The summed E-state index contributed by atoms with van der Waals surface area (Å²) in [5.41, 5.74) is 0. The van der Waals surface area contributed by atoms with Gasteiger partial charge in [-0.15, -0.1) is 0 Å². The van der Waals surface area contributed by atoms with Gasteiger partial charge in [0, 0.05) is 17.6 Å². The van der Waals surface area contributed by atoms with Crippen molar-refractivity contribution in [3.05, 3.63) is 30.5 Å². The smallest absolute Gasteiger partial charge is 0.134 e. The van der Waals surface area contributed by atoms with E-state index in [9.17, 15) is 0 Å². The highest BCUT2D eigenvalue weighted by Gasteiger charge is 2.08. The first-order chi connectivity index (χ1) is 10.1. The molecular formula is C18H26N2O. The molecule has 114 valence electrons. The summed E-state index contributed by atoms with van der Waals surface area (Å²) in [4.78, 5) is 4.50. The second-order valence-corrected chi connectivity index (χ2v) is 6.12. The van der Waals surface area contributed by atoms with E-state index < -0.39 is 0 Å². The van der Waals surface area contributed by atoms with Crippen molar-refractivity contribution in [2.75, 3.05) is 12.4 Å². The van der Waals surface area contributed by atoms with E-state index >= 15 is 0 Å². The Bertz CT molecular complexity index is 580. The molecule has 1 unspecified atom stereocenters. The van der Waals surface area contributed by atoms with Crippen molar-refractivity contribution in [2.24, 2.45) is 5.92 Å². The molecule has 0 bridgehead atoms. The Hall–Kier alpha value is -1.77. The molecule has 1 N–H and O–H groups in total. The fourth-order valence-electron chi connectivity index (χ4n) is 2.53. The zero-order valence-corrected chi connectivity index (χ0v) is 13.5. The number of methoxy groups -OCH3 is 1. The highest BCUT2D eigenvalue weighted by Crippen LogP contribution is 2.26.